The summed E-state index contributed by atoms with van der Waals surface area (Å²) in [5.74, 6) is -0.576. The van der Waals surface area contributed by atoms with Crippen molar-refractivity contribution in [2.75, 3.05) is 13.6 Å². The van der Waals surface area contributed by atoms with Crippen LogP contribution in [0.2, 0.25) is 0 Å². The van der Waals surface area contributed by atoms with Crippen LogP contribution in [0.15, 0.2) is 22.7 Å². The third-order valence-corrected chi connectivity index (χ3v) is 2.92. The van der Waals surface area contributed by atoms with E-state index in [1.165, 1.54) is 13.1 Å². The number of aliphatic hydroxyl groups is 1. The van der Waals surface area contributed by atoms with Crippen LogP contribution in [0.1, 0.15) is 15.9 Å². The zero-order valence-corrected chi connectivity index (χ0v) is 11.9. The number of rotatable bonds is 3. The van der Waals surface area contributed by atoms with E-state index in [1.807, 2.05) is 0 Å². The summed E-state index contributed by atoms with van der Waals surface area (Å²) in [7, 11) is 1.22. The first-order valence-corrected chi connectivity index (χ1v) is 6.18. The third-order valence-electron chi connectivity index (χ3n) is 2.46. The molecule has 7 heteroatoms. The van der Waals surface area contributed by atoms with Gasteiger partial charge in [-0.1, -0.05) is 15.9 Å². The Morgan fingerprint density at radius 3 is 2.47 bits per heavy atom. The summed E-state index contributed by atoms with van der Waals surface area (Å²) in [5, 5.41) is 8.93. The van der Waals surface area contributed by atoms with Crippen molar-refractivity contribution >= 4 is 21.8 Å². The average molecular weight is 340 g/mol. The molecule has 0 saturated heterocycles. The molecule has 0 fully saturated rings. The highest BCUT2D eigenvalue weighted by molar-refractivity contribution is 9.10. The van der Waals surface area contributed by atoms with Crippen LogP contribution >= 0.6 is 15.9 Å². The molecule has 1 aromatic carbocycles. The van der Waals surface area contributed by atoms with Crippen LogP contribution in [0.25, 0.3) is 0 Å². The summed E-state index contributed by atoms with van der Waals surface area (Å²) in [6.45, 7) is 0.972. The molecule has 1 atom stereocenters. The van der Waals surface area contributed by atoms with Crippen molar-refractivity contribution in [3.8, 4) is 0 Å². The number of carbonyl (C=O) groups excluding carboxylic acids is 1. The summed E-state index contributed by atoms with van der Waals surface area (Å²) < 4.78 is 37.3. The topological polar surface area (TPSA) is 40.5 Å². The minimum atomic E-state index is -4.73. The van der Waals surface area contributed by atoms with E-state index in [9.17, 15) is 18.0 Å². The van der Waals surface area contributed by atoms with E-state index in [0.29, 0.717) is 4.47 Å². The third kappa shape index (κ3) is 4.50. The Bertz CT molecular complexity index is 456. The van der Waals surface area contributed by atoms with Gasteiger partial charge in [0.2, 0.25) is 0 Å². The van der Waals surface area contributed by atoms with Gasteiger partial charge in [-0.2, -0.15) is 13.2 Å². The molecule has 1 amide bonds. The second-order valence-electron chi connectivity index (χ2n) is 4.26. The normalized spacial score (nSPS) is 13.2. The zero-order chi connectivity index (χ0) is 14.8. The first kappa shape index (κ1) is 16.0. The SMILES string of the molecule is Cc1cc(Br)cc(C(=O)N(C)CC(O)C(F)(F)F)c1. The number of nitrogens with zero attached hydrogens (tertiary/aromatic N) is 1. The smallest absolute Gasteiger partial charge is 0.382 e. The molecular weight excluding hydrogens is 327 g/mol. The molecular formula is C12H13BrF3NO2. The van der Waals surface area contributed by atoms with Gasteiger partial charge in [0.15, 0.2) is 6.10 Å². The van der Waals surface area contributed by atoms with Crippen LogP contribution < -0.4 is 0 Å². The Hall–Kier alpha value is -1.08. The van der Waals surface area contributed by atoms with Gasteiger partial charge >= 0.3 is 6.18 Å². The number of halogens is 4. The lowest BCUT2D eigenvalue weighted by Crippen LogP contribution is -2.41. The maximum Gasteiger partial charge on any atom is 0.416 e. The number of carbonyl (C=O) groups is 1. The van der Waals surface area contributed by atoms with E-state index >= 15 is 0 Å². The Labute approximate surface area is 117 Å². The summed E-state index contributed by atoms with van der Waals surface area (Å²) in [4.78, 5) is 12.8. The first-order valence-electron chi connectivity index (χ1n) is 5.38. The number of alkyl halides is 3. The lowest BCUT2D eigenvalue weighted by Gasteiger charge is -2.22. The standard InChI is InChI=1S/C12H13BrF3NO2/c1-7-3-8(5-9(13)4-7)11(19)17(2)6-10(18)12(14,15)16/h3-5,10,18H,6H2,1-2H3. The highest BCUT2D eigenvalue weighted by atomic mass is 79.9. The predicted octanol–water partition coefficient (Wildman–Crippen LogP) is 2.75. The van der Waals surface area contributed by atoms with E-state index < -0.39 is 24.7 Å². The molecule has 0 aromatic heterocycles. The van der Waals surface area contributed by atoms with Crippen molar-refractivity contribution in [3.63, 3.8) is 0 Å². The highest BCUT2D eigenvalue weighted by Crippen LogP contribution is 2.21. The van der Waals surface area contributed by atoms with E-state index in [2.05, 4.69) is 15.9 Å². The van der Waals surface area contributed by atoms with Gasteiger partial charge in [0, 0.05) is 17.1 Å². The molecule has 0 radical (unpaired) electrons. The Kier molecular flexibility index (Phi) is 4.98. The fraction of sp³-hybridized carbons (Fsp3) is 0.417. The van der Waals surface area contributed by atoms with Gasteiger partial charge in [-0.3, -0.25) is 4.79 Å². The van der Waals surface area contributed by atoms with Crippen molar-refractivity contribution in [1.82, 2.24) is 4.90 Å². The molecule has 106 valence electrons. The molecule has 1 unspecified atom stereocenters. The van der Waals surface area contributed by atoms with Crippen LogP contribution in [-0.2, 0) is 0 Å². The second kappa shape index (κ2) is 5.92. The largest absolute Gasteiger partial charge is 0.416 e. The van der Waals surface area contributed by atoms with Crippen LogP contribution in [0, 0.1) is 6.92 Å². The molecule has 0 aliphatic rings. The maximum absolute atomic E-state index is 12.2. The van der Waals surface area contributed by atoms with Gasteiger partial charge in [-0.25, -0.2) is 0 Å². The summed E-state index contributed by atoms with van der Waals surface area (Å²) in [6, 6.07) is 4.87. The van der Waals surface area contributed by atoms with Gasteiger partial charge in [-0.15, -0.1) is 0 Å². The van der Waals surface area contributed by atoms with Crippen LogP contribution in [-0.4, -0.2) is 41.8 Å². The molecule has 3 nitrogen and oxygen atoms in total. The quantitative estimate of drug-likeness (QED) is 0.919. The molecule has 1 N–H and O–H groups in total. The van der Waals surface area contributed by atoms with E-state index in [0.717, 1.165) is 10.5 Å². The average Bonchev–Trinajstić information content (AvgIpc) is 2.25. The number of benzene rings is 1. The van der Waals surface area contributed by atoms with Gasteiger partial charge in [0.1, 0.15) is 0 Å². The second-order valence-corrected chi connectivity index (χ2v) is 5.18. The molecule has 0 saturated carbocycles. The van der Waals surface area contributed by atoms with E-state index in [-0.39, 0.29) is 5.56 Å². The van der Waals surface area contributed by atoms with Crippen LogP contribution in [0.5, 0.6) is 0 Å². The van der Waals surface area contributed by atoms with E-state index in [4.69, 9.17) is 5.11 Å². The fourth-order valence-corrected chi connectivity index (χ4v) is 2.13. The van der Waals surface area contributed by atoms with Gasteiger partial charge in [0.05, 0.1) is 6.54 Å². The van der Waals surface area contributed by atoms with Gasteiger partial charge in [0.25, 0.3) is 5.91 Å². The number of likely N-dealkylation sites (N-methyl/N-ethyl adjacent to an activating group) is 1. The van der Waals surface area contributed by atoms with Crippen molar-refractivity contribution in [2.24, 2.45) is 0 Å². The molecule has 1 rings (SSSR count). The Morgan fingerprint density at radius 1 is 1.42 bits per heavy atom. The summed E-state index contributed by atoms with van der Waals surface area (Å²) in [6.07, 6.45) is -7.28. The number of aliphatic hydroxyl groups excluding tert-OH is 1. The van der Waals surface area contributed by atoms with Crippen molar-refractivity contribution in [1.29, 1.82) is 0 Å². The van der Waals surface area contributed by atoms with Crippen LogP contribution in [0.4, 0.5) is 13.2 Å². The van der Waals surface area contributed by atoms with Crippen LogP contribution in [0.3, 0.4) is 0 Å². The number of amides is 1. The number of aryl methyl sites for hydroxylation is 1. The lowest BCUT2D eigenvalue weighted by atomic mass is 10.1. The molecule has 0 bridgehead atoms. The Balaban J connectivity index is 2.82. The molecule has 0 heterocycles. The molecule has 0 aliphatic carbocycles. The Morgan fingerprint density at radius 2 is 2.00 bits per heavy atom. The van der Waals surface area contributed by atoms with E-state index in [1.54, 1.807) is 19.1 Å². The number of hydrogen-bond donors (Lipinski definition) is 1. The summed E-state index contributed by atoms with van der Waals surface area (Å²) >= 11 is 3.21. The fourth-order valence-electron chi connectivity index (χ4n) is 1.53. The minimum absolute atomic E-state index is 0.267. The minimum Gasteiger partial charge on any atom is -0.382 e. The summed E-state index contributed by atoms with van der Waals surface area (Å²) in [5.41, 5.74) is 1.08. The molecule has 1 aromatic rings. The van der Waals surface area contributed by atoms with Gasteiger partial charge in [-0.05, 0) is 30.7 Å². The monoisotopic (exact) mass is 339 g/mol. The van der Waals surface area contributed by atoms with Crippen molar-refractivity contribution < 1.29 is 23.1 Å². The maximum atomic E-state index is 12.2. The molecule has 0 aliphatic heterocycles. The zero-order valence-electron chi connectivity index (χ0n) is 10.3. The van der Waals surface area contributed by atoms with Gasteiger partial charge < -0.3 is 10.0 Å². The predicted molar refractivity (Wildman–Crippen MR) is 67.9 cm³/mol. The lowest BCUT2D eigenvalue weighted by molar-refractivity contribution is -0.205. The van der Waals surface area contributed by atoms with Crippen molar-refractivity contribution in [3.05, 3.63) is 33.8 Å². The first-order chi connectivity index (χ1) is 8.61. The highest BCUT2D eigenvalue weighted by Gasteiger charge is 2.39. The molecule has 19 heavy (non-hydrogen) atoms. The molecule has 0 spiro atoms. The number of hydrogen-bond acceptors (Lipinski definition) is 2. The van der Waals surface area contributed by atoms with Crippen molar-refractivity contribution in [2.45, 2.75) is 19.2 Å².